The normalized spacial score (nSPS) is 14.9. The molecule has 61 heavy (non-hydrogen) atoms. The summed E-state index contributed by atoms with van der Waals surface area (Å²) in [4.78, 5) is 23.2. The summed E-state index contributed by atoms with van der Waals surface area (Å²) < 4.78 is 3.22. The van der Waals surface area contributed by atoms with Crippen molar-refractivity contribution < 1.29 is 4.92 Å². The maximum atomic E-state index is 11.3. The van der Waals surface area contributed by atoms with E-state index in [0.29, 0.717) is 11.7 Å². The van der Waals surface area contributed by atoms with Crippen molar-refractivity contribution in [1.29, 1.82) is 0 Å². The summed E-state index contributed by atoms with van der Waals surface area (Å²) in [6, 6.07) is 41.6. The van der Waals surface area contributed by atoms with E-state index in [0.717, 1.165) is 53.9 Å². The van der Waals surface area contributed by atoms with Gasteiger partial charge in [0.15, 0.2) is 0 Å². The van der Waals surface area contributed by atoms with E-state index in [1.807, 2.05) is 30.0 Å². The van der Waals surface area contributed by atoms with Gasteiger partial charge in [-0.1, -0.05) is 84.9 Å². The van der Waals surface area contributed by atoms with Crippen LogP contribution in [0.25, 0.3) is 16.8 Å². The van der Waals surface area contributed by atoms with Gasteiger partial charge in [0.1, 0.15) is 5.69 Å². The number of hydrogen-bond donors (Lipinski definition) is 2. The molecule has 0 aromatic heterocycles. The highest BCUT2D eigenvalue weighted by atomic mass is 35.5. The summed E-state index contributed by atoms with van der Waals surface area (Å²) in [5.41, 5.74) is 7.19. The molecule has 0 unspecified atom stereocenters. The molecule has 5 aromatic carbocycles. The van der Waals surface area contributed by atoms with Crippen LogP contribution in [-0.4, -0.2) is 97.4 Å². The Kier molecular flexibility index (Phi) is 17.8. The second kappa shape index (κ2) is 23.7. The molecule has 2 heterocycles. The van der Waals surface area contributed by atoms with Crippen LogP contribution in [0, 0.1) is 10.1 Å². The van der Waals surface area contributed by atoms with Gasteiger partial charge in [0.05, 0.1) is 4.92 Å². The van der Waals surface area contributed by atoms with Crippen LogP contribution in [0.4, 0.5) is 17.1 Å². The Labute approximate surface area is 376 Å². The molecule has 5 aromatic rings. The number of unbranched alkanes of at least 4 members (excludes halogenated alkanes) is 1. The average Bonchev–Trinajstić information content (AvgIpc) is 3.29. The molecule has 0 bridgehead atoms. The predicted octanol–water partition coefficient (Wildman–Crippen LogP) is 11.1. The molecule has 2 N–H and O–H groups in total. The van der Waals surface area contributed by atoms with Gasteiger partial charge < -0.3 is 19.8 Å². The van der Waals surface area contributed by atoms with Crippen LogP contribution >= 0.6 is 35.3 Å². The van der Waals surface area contributed by atoms with Gasteiger partial charge in [-0.25, -0.2) is 0 Å². The zero-order valence-corrected chi connectivity index (χ0v) is 38.2. The van der Waals surface area contributed by atoms with Crippen molar-refractivity contribution in [2.75, 3.05) is 81.9 Å². The summed E-state index contributed by atoms with van der Waals surface area (Å²) >= 11 is 9.39. The molecule has 0 amide bonds. The number of halogens is 1. The Morgan fingerprint density at radius 1 is 0.787 bits per heavy atom. The molecule has 0 saturated carbocycles. The Morgan fingerprint density at radius 3 is 2.13 bits per heavy atom. The zero-order chi connectivity index (χ0) is 43.0. The minimum absolute atomic E-state index is 0.0418. The third-order valence-corrected chi connectivity index (χ3v) is 13.5. The van der Waals surface area contributed by atoms with Crippen LogP contribution in [0.1, 0.15) is 37.8 Å². The highest BCUT2D eigenvalue weighted by molar-refractivity contribution is 7.99. The Hall–Kier alpha value is -4.49. The fourth-order valence-corrected chi connectivity index (χ4v) is 9.34. The lowest BCUT2D eigenvalue weighted by molar-refractivity contribution is -0.384. The number of anilines is 2. The van der Waals surface area contributed by atoms with E-state index in [4.69, 9.17) is 11.6 Å². The third-order valence-electron chi connectivity index (χ3n) is 11.3. The highest BCUT2D eigenvalue weighted by Gasteiger charge is 2.20. The van der Waals surface area contributed by atoms with E-state index >= 15 is 0 Å². The second-order valence-electron chi connectivity index (χ2n) is 15.7. The van der Waals surface area contributed by atoms with Crippen molar-refractivity contribution in [1.82, 2.24) is 19.4 Å². The lowest BCUT2D eigenvalue weighted by atomic mass is 9.99. The van der Waals surface area contributed by atoms with Crippen LogP contribution in [0.15, 0.2) is 138 Å². The molecule has 9 nitrogen and oxygen atoms in total. The topological polar surface area (TPSA) is 80.2 Å². The van der Waals surface area contributed by atoms with Gasteiger partial charge in [-0.2, -0.15) is 0 Å². The number of benzene rings is 5. The number of nitro groups is 1. The van der Waals surface area contributed by atoms with Crippen molar-refractivity contribution in [2.45, 2.75) is 49.1 Å². The quantitative estimate of drug-likeness (QED) is 0.0310. The smallest absolute Gasteiger partial charge is 0.293 e. The summed E-state index contributed by atoms with van der Waals surface area (Å²) in [6.07, 6.45) is 2.66. The van der Waals surface area contributed by atoms with Crippen LogP contribution in [0.3, 0.4) is 0 Å². The number of nitrogens with one attached hydrogen (secondary N) is 2. The number of thioether (sulfide) groups is 1. The molecule has 0 radical (unpaired) electrons. The minimum atomic E-state index is -0.385. The molecule has 322 valence electrons. The maximum Gasteiger partial charge on any atom is 0.293 e. The lowest BCUT2D eigenvalue weighted by Gasteiger charge is -2.36. The van der Waals surface area contributed by atoms with E-state index < -0.39 is 0 Å². The average molecular weight is 879 g/mol. The molecular weight excluding hydrogens is 818 g/mol. The van der Waals surface area contributed by atoms with Gasteiger partial charge >= 0.3 is 0 Å². The third kappa shape index (κ3) is 14.0. The van der Waals surface area contributed by atoms with Gasteiger partial charge in [-0.3, -0.25) is 19.9 Å². The first-order valence-corrected chi connectivity index (χ1v) is 23.5. The van der Waals surface area contributed by atoms with Crippen LogP contribution in [-0.2, 0) is 6.54 Å². The number of hydrogen-bond acceptors (Lipinski definition) is 10. The summed E-state index contributed by atoms with van der Waals surface area (Å²) in [5, 5.41) is 14.9. The Morgan fingerprint density at radius 2 is 1.46 bits per heavy atom. The van der Waals surface area contributed by atoms with E-state index in [1.54, 1.807) is 19.2 Å². The molecule has 0 spiro atoms. The van der Waals surface area contributed by atoms with Crippen molar-refractivity contribution >= 4 is 58.1 Å². The Balaban J connectivity index is 0.000000260. The first-order valence-electron chi connectivity index (χ1n) is 21.3. The van der Waals surface area contributed by atoms with E-state index in [9.17, 15) is 10.1 Å². The summed E-state index contributed by atoms with van der Waals surface area (Å²) in [6.45, 7) is 19.8. The zero-order valence-electron chi connectivity index (χ0n) is 35.8. The van der Waals surface area contributed by atoms with Gasteiger partial charge in [0.2, 0.25) is 0 Å². The van der Waals surface area contributed by atoms with E-state index in [-0.39, 0.29) is 10.6 Å². The Bertz CT molecular complexity index is 2120. The number of nitro benzene ring substituents is 1. The standard InChI is InChI=1S/C32H32ClN5O2S.C17H28N2S/c1-23(35-41-29-15-16-31(34-2)32(21-29)38(39)40)24-9-13-28(14-10-24)37-19-17-36(18-20-37)22-26-5-3-4-6-30(26)25-7-11-27(33)12-8-25;1-16(2)19-13-11-18(12-14-19)10-6-7-15-20-17-8-4-3-5-9-17/h3-16,21,34-35H,1,17-20,22H2,2H3;3-5,8-9,16H,6-7,10-15H2,1-2H3. The van der Waals surface area contributed by atoms with Gasteiger partial charge in [-0.05, 0) is 122 Å². The number of nitrogens with zero attached hydrogens (tertiary/aromatic N) is 5. The SMILES string of the molecule is C=C(NSc1ccc(NC)c([N+](=O)[O-])c1)c1ccc(N2CCN(Cc3ccccc3-c3ccc(Cl)cc3)CC2)cc1.CC(C)N1CCN(CCCCSc2ccccc2)CC1. The fourth-order valence-electron chi connectivity index (χ4n) is 7.61. The molecule has 12 heteroatoms. The monoisotopic (exact) mass is 877 g/mol. The molecule has 0 aliphatic carbocycles. The van der Waals surface area contributed by atoms with Crippen molar-refractivity contribution in [3.63, 3.8) is 0 Å². The molecule has 2 aliphatic rings. The molecule has 2 fully saturated rings. The highest BCUT2D eigenvalue weighted by Crippen LogP contribution is 2.31. The second-order valence-corrected chi connectivity index (χ2v) is 18.2. The molecule has 7 rings (SSSR count). The first kappa shape index (κ1) is 46.0. The molecule has 2 aliphatic heterocycles. The molecule has 2 saturated heterocycles. The van der Waals surface area contributed by atoms with Crippen LogP contribution < -0.4 is 14.9 Å². The minimum Gasteiger partial charge on any atom is -0.383 e. The molecular formula is C49H60ClN7O2S2. The number of rotatable bonds is 17. The van der Waals surface area contributed by atoms with Gasteiger partial charge in [0.25, 0.3) is 5.69 Å². The van der Waals surface area contributed by atoms with Crippen molar-refractivity contribution in [3.05, 3.63) is 154 Å². The predicted molar refractivity (Wildman–Crippen MR) is 261 cm³/mol. The first-order chi connectivity index (χ1) is 29.7. The van der Waals surface area contributed by atoms with Crippen LogP contribution in [0.2, 0.25) is 5.02 Å². The van der Waals surface area contributed by atoms with E-state index in [1.165, 1.54) is 90.5 Å². The fraction of sp³-hybridized carbons (Fsp3) is 0.347. The largest absolute Gasteiger partial charge is 0.383 e. The lowest BCUT2D eigenvalue weighted by Crippen LogP contribution is -2.48. The van der Waals surface area contributed by atoms with Gasteiger partial charge in [-0.15, -0.1) is 11.8 Å². The molecule has 0 atom stereocenters. The van der Waals surface area contributed by atoms with Crippen molar-refractivity contribution in [2.24, 2.45) is 0 Å². The van der Waals surface area contributed by atoms with Crippen LogP contribution in [0.5, 0.6) is 0 Å². The van der Waals surface area contributed by atoms with Crippen molar-refractivity contribution in [3.8, 4) is 11.1 Å². The maximum absolute atomic E-state index is 11.3. The van der Waals surface area contributed by atoms with E-state index in [2.05, 4.69) is 141 Å². The van der Waals surface area contributed by atoms with Gasteiger partial charge in [0, 0.05) is 104 Å². The summed E-state index contributed by atoms with van der Waals surface area (Å²) in [5.74, 6) is 1.25. The summed E-state index contributed by atoms with van der Waals surface area (Å²) in [7, 11) is 1.67. The number of piperazine rings is 2.